The summed E-state index contributed by atoms with van der Waals surface area (Å²) < 4.78 is 63.8. The van der Waals surface area contributed by atoms with Crippen LogP contribution in [0.3, 0.4) is 0 Å². The molecule has 6 rings (SSSR count). The molecule has 0 spiro atoms. The molecule has 0 aliphatic carbocycles. The highest BCUT2D eigenvalue weighted by Crippen LogP contribution is 2.49. The summed E-state index contributed by atoms with van der Waals surface area (Å²) >= 11 is 0. The van der Waals surface area contributed by atoms with E-state index in [1.54, 1.807) is 18.2 Å². The first-order chi connectivity index (χ1) is 16.9. The molecule has 0 bridgehead atoms. The number of Topliss-reactive ketones (excluding diaryl/α,β-unsaturated/α-hetero) is 1. The molecule has 0 aromatic heterocycles. The molecule has 1 atom stereocenters. The van der Waals surface area contributed by atoms with Gasteiger partial charge in [-0.3, -0.25) is 9.59 Å². The van der Waals surface area contributed by atoms with Crippen molar-refractivity contribution >= 4 is 17.8 Å². The SMILES string of the molecule is O=C1C[C@@H](c2cc(F)c(F)c(F)c2)c2c(ccc3c2O/C(=C/c2ccc4c(c2)OCCO4)C3=O)O1. The van der Waals surface area contributed by atoms with Gasteiger partial charge in [0.05, 0.1) is 12.0 Å². The van der Waals surface area contributed by atoms with E-state index >= 15 is 0 Å². The summed E-state index contributed by atoms with van der Waals surface area (Å²) in [5.74, 6) is -4.97. The Kier molecular flexibility index (Phi) is 4.80. The molecule has 0 amide bonds. The molecular weight excluding hydrogens is 465 g/mol. The Hall–Kier alpha value is -4.27. The predicted molar refractivity (Wildman–Crippen MR) is 115 cm³/mol. The van der Waals surface area contributed by atoms with Crippen LogP contribution in [0.4, 0.5) is 13.2 Å². The minimum Gasteiger partial charge on any atom is -0.486 e. The van der Waals surface area contributed by atoms with Crippen molar-refractivity contribution in [3.05, 3.63) is 87.9 Å². The molecule has 0 saturated carbocycles. The summed E-state index contributed by atoms with van der Waals surface area (Å²) in [6, 6.07) is 9.73. The zero-order valence-electron chi connectivity index (χ0n) is 17.9. The average molecular weight is 480 g/mol. The molecule has 0 radical (unpaired) electrons. The van der Waals surface area contributed by atoms with Crippen molar-refractivity contribution in [3.63, 3.8) is 0 Å². The number of hydrogen-bond donors (Lipinski definition) is 0. The Morgan fingerprint density at radius 3 is 2.31 bits per heavy atom. The summed E-state index contributed by atoms with van der Waals surface area (Å²) in [4.78, 5) is 25.3. The van der Waals surface area contributed by atoms with Gasteiger partial charge in [0, 0.05) is 11.5 Å². The number of ether oxygens (including phenoxy) is 4. The Morgan fingerprint density at radius 1 is 0.829 bits per heavy atom. The largest absolute Gasteiger partial charge is 0.486 e. The van der Waals surface area contributed by atoms with E-state index < -0.39 is 35.1 Å². The molecule has 3 heterocycles. The van der Waals surface area contributed by atoms with Crippen molar-refractivity contribution in [2.45, 2.75) is 12.3 Å². The van der Waals surface area contributed by atoms with Gasteiger partial charge in [0.25, 0.3) is 0 Å². The van der Waals surface area contributed by atoms with Crippen molar-refractivity contribution in [2.75, 3.05) is 13.2 Å². The second-order valence-corrected chi connectivity index (χ2v) is 8.23. The topological polar surface area (TPSA) is 71.1 Å². The van der Waals surface area contributed by atoms with Gasteiger partial charge in [0.1, 0.15) is 24.7 Å². The van der Waals surface area contributed by atoms with Gasteiger partial charge in [0.15, 0.2) is 34.7 Å². The van der Waals surface area contributed by atoms with Gasteiger partial charge in [-0.15, -0.1) is 0 Å². The second kappa shape index (κ2) is 7.90. The molecule has 3 aliphatic rings. The normalized spacial score (nSPS) is 19.2. The smallest absolute Gasteiger partial charge is 0.312 e. The number of fused-ring (bicyclic) bond motifs is 4. The molecule has 0 unspecified atom stereocenters. The van der Waals surface area contributed by atoms with Crippen LogP contribution in [0.25, 0.3) is 6.08 Å². The lowest BCUT2D eigenvalue weighted by molar-refractivity contribution is -0.135. The number of halogens is 3. The first-order valence-corrected chi connectivity index (χ1v) is 10.7. The van der Waals surface area contributed by atoms with E-state index in [-0.39, 0.29) is 40.4 Å². The van der Waals surface area contributed by atoms with Crippen LogP contribution in [0, 0.1) is 17.5 Å². The van der Waals surface area contributed by atoms with Crippen LogP contribution in [-0.4, -0.2) is 25.0 Å². The zero-order valence-corrected chi connectivity index (χ0v) is 17.9. The lowest BCUT2D eigenvalue weighted by atomic mass is 9.84. The van der Waals surface area contributed by atoms with Crippen molar-refractivity contribution in [2.24, 2.45) is 0 Å². The summed E-state index contributed by atoms with van der Waals surface area (Å²) in [6.07, 6.45) is 1.26. The molecule has 176 valence electrons. The van der Waals surface area contributed by atoms with Crippen LogP contribution in [-0.2, 0) is 4.79 Å². The minimum atomic E-state index is -1.61. The number of esters is 1. The lowest BCUT2D eigenvalue weighted by Crippen LogP contribution is -2.22. The molecule has 9 heteroatoms. The van der Waals surface area contributed by atoms with E-state index in [9.17, 15) is 22.8 Å². The molecule has 3 aromatic rings. The second-order valence-electron chi connectivity index (χ2n) is 8.23. The molecule has 35 heavy (non-hydrogen) atoms. The molecule has 3 aliphatic heterocycles. The maximum Gasteiger partial charge on any atom is 0.312 e. The third-order valence-electron chi connectivity index (χ3n) is 6.05. The molecular formula is C26H15F3O6. The van der Waals surface area contributed by atoms with E-state index in [0.717, 1.165) is 12.1 Å². The summed E-state index contributed by atoms with van der Waals surface area (Å²) in [7, 11) is 0. The number of allylic oxidation sites excluding steroid dienone is 1. The van der Waals surface area contributed by atoms with E-state index in [1.165, 1.54) is 18.2 Å². The van der Waals surface area contributed by atoms with Crippen LogP contribution >= 0.6 is 0 Å². The van der Waals surface area contributed by atoms with Crippen LogP contribution in [0.5, 0.6) is 23.0 Å². The first-order valence-electron chi connectivity index (χ1n) is 10.7. The molecule has 3 aromatic carbocycles. The fourth-order valence-electron chi connectivity index (χ4n) is 4.47. The molecule has 6 nitrogen and oxygen atoms in total. The van der Waals surface area contributed by atoms with Crippen LogP contribution in [0.1, 0.15) is 39.4 Å². The highest BCUT2D eigenvalue weighted by molar-refractivity contribution is 6.15. The fraction of sp³-hybridized carbons (Fsp3) is 0.154. The summed E-state index contributed by atoms with van der Waals surface area (Å²) in [6.45, 7) is 0.855. The van der Waals surface area contributed by atoms with Gasteiger partial charge in [0.2, 0.25) is 5.78 Å². The fourth-order valence-corrected chi connectivity index (χ4v) is 4.47. The number of benzene rings is 3. The Bertz CT molecular complexity index is 1440. The van der Waals surface area contributed by atoms with Crippen molar-refractivity contribution in [1.29, 1.82) is 0 Å². The third kappa shape index (κ3) is 3.51. The van der Waals surface area contributed by atoms with E-state index in [1.807, 2.05) is 0 Å². The first kappa shape index (κ1) is 21.3. The number of rotatable bonds is 2. The molecule has 0 N–H and O–H groups in total. The van der Waals surface area contributed by atoms with Crippen LogP contribution in [0.2, 0.25) is 0 Å². The van der Waals surface area contributed by atoms with Crippen LogP contribution < -0.4 is 18.9 Å². The summed E-state index contributed by atoms with van der Waals surface area (Å²) in [5.41, 5.74) is 1.14. The van der Waals surface area contributed by atoms with Gasteiger partial charge >= 0.3 is 5.97 Å². The van der Waals surface area contributed by atoms with Crippen molar-refractivity contribution < 1.29 is 41.7 Å². The zero-order chi connectivity index (χ0) is 24.3. The van der Waals surface area contributed by atoms with Gasteiger partial charge in [-0.1, -0.05) is 6.07 Å². The number of ketones is 1. The van der Waals surface area contributed by atoms with E-state index in [2.05, 4.69) is 0 Å². The van der Waals surface area contributed by atoms with E-state index in [4.69, 9.17) is 18.9 Å². The molecule has 0 fully saturated rings. The van der Waals surface area contributed by atoms with Crippen molar-refractivity contribution in [3.8, 4) is 23.0 Å². The van der Waals surface area contributed by atoms with Gasteiger partial charge < -0.3 is 18.9 Å². The standard InChI is InChI=1S/C26H15F3O6/c27-16-9-13(10-17(28)24(16)29)15-11-22(30)34-19-4-2-14-25(31)21(35-26(14)23(15)19)8-12-1-3-18-20(7-12)33-6-5-32-18/h1-4,7-10,15H,5-6,11H2/b21-8+/t15-/m0/s1. The Balaban J connectivity index is 1.43. The number of hydrogen-bond acceptors (Lipinski definition) is 6. The number of carbonyl (C=O) groups excluding carboxylic acids is 2. The van der Waals surface area contributed by atoms with Gasteiger partial charge in [-0.25, -0.2) is 13.2 Å². The number of carbonyl (C=O) groups is 2. The summed E-state index contributed by atoms with van der Waals surface area (Å²) in [5, 5.41) is 0. The maximum atomic E-state index is 14.0. The Labute approximate surface area is 196 Å². The Morgan fingerprint density at radius 2 is 1.54 bits per heavy atom. The average Bonchev–Trinajstić information content (AvgIpc) is 3.16. The van der Waals surface area contributed by atoms with Gasteiger partial charge in [-0.2, -0.15) is 0 Å². The molecule has 0 saturated heterocycles. The third-order valence-corrected chi connectivity index (χ3v) is 6.05. The van der Waals surface area contributed by atoms with Crippen LogP contribution in [0.15, 0.2) is 48.2 Å². The lowest BCUT2D eigenvalue weighted by Gasteiger charge is -2.26. The highest BCUT2D eigenvalue weighted by Gasteiger charge is 2.39. The monoisotopic (exact) mass is 480 g/mol. The minimum absolute atomic E-state index is 0.0113. The van der Waals surface area contributed by atoms with E-state index in [0.29, 0.717) is 30.3 Å². The predicted octanol–water partition coefficient (Wildman–Crippen LogP) is 4.93. The quantitative estimate of drug-likeness (QED) is 0.224. The van der Waals surface area contributed by atoms with Crippen molar-refractivity contribution in [1.82, 2.24) is 0 Å². The highest BCUT2D eigenvalue weighted by atomic mass is 19.2. The van der Waals surface area contributed by atoms with Gasteiger partial charge in [-0.05, 0) is 53.6 Å². The maximum absolute atomic E-state index is 14.0.